The maximum atomic E-state index is 12.0. The molecule has 1 aromatic carbocycles. The van der Waals surface area contributed by atoms with E-state index in [1.807, 2.05) is 6.07 Å². The number of hydrogen-bond acceptors (Lipinski definition) is 4. The Hall–Kier alpha value is -2.30. The number of aliphatic carboxylic acids is 1. The number of nitriles is 1. The Labute approximate surface area is 126 Å². The molecule has 2 N–H and O–H groups in total. The lowest BCUT2D eigenvalue weighted by molar-refractivity contribution is -0.137. The number of anilines is 1. The van der Waals surface area contributed by atoms with Gasteiger partial charge in [0.15, 0.2) is 0 Å². The zero-order chi connectivity index (χ0) is 15.8. The Bertz CT molecular complexity index is 571. The topological polar surface area (TPSA) is 103 Å². The fourth-order valence-corrected chi connectivity index (χ4v) is 1.73. The van der Waals surface area contributed by atoms with Gasteiger partial charge in [-0.15, -0.1) is 0 Å². The van der Waals surface area contributed by atoms with Crippen LogP contribution in [0.5, 0.6) is 0 Å². The number of urea groups is 1. The van der Waals surface area contributed by atoms with Crippen molar-refractivity contribution in [2.24, 2.45) is 0 Å². The minimum Gasteiger partial charge on any atom is -0.480 e. The molecule has 0 fully saturated rings. The number of carbonyl (C=O) groups is 2. The van der Waals surface area contributed by atoms with Gasteiger partial charge in [0.1, 0.15) is 6.54 Å². The van der Waals surface area contributed by atoms with Crippen LogP contribution in [0, 0.1) is 11.3 Å². The van der Waals surface area contributed by atoms with E-state index in [0.29, 0.717) is 11.3 Å². The van der Waals surface area contributed by atoms with Crippen LogP contribution in [-0.2, 0) is 9.53 Å². The fraction of sp³-hybridized carbons (Fsp3) is 0.308. The summed E-state index contributed by atoms with van der Waals surface area (Å²) in [6.45, 7) is -0.118. The van der Waals surface area contributed by atoms with Crippen LogP contribution in [-0.4, -0.2) is 48.8 Å². The van der Waals surface area contributed by atoms with Crippen LogP contribution in [0.15, 0.2) is 18.2 Å². The van der Waals surface area contributed by atoms with Gasteiger partial charge in [-0.05, 0) is 18.2 Å². The Morgan fingerprint density at radius 3 is 2.76 bits per heavy atom. The van der Waals surface area contributed by atoms with Gasteiger partial charge >= 0.3 is 12.0 Å². The second-order valence-electron chi connectivity index (χ2n) is 4.04. The monoisotopic (exact) mass is 311 g/mol. The van der Waals surface area contributed by atoms with Gasteiger partial charge in [-0.2, -0.15) is 5.26 Å². The number of carboxylic acids is 1. The van der Waals surface area contributed by atoms with Gasteiger partial charge in [0.25, 0.3) is 0 Å². The van der Waals surface area contributed by atoms with Crippen LogP contribution in [0.1, 0.15) is 5.56 Å². The summed E-state index contributed by atoms with van der Waals surface area (Å²) in [4.78, 5) is 23.9. The fourth-order valence-electron chi connectivity index (χ4n) is 1.50. The maximum absolute atomic E-state index is 12.0. The van der Waals surface area contributed by atoms with E-state index in [1.165, 1.54) is 25.3 Å². The number of nitrogens with one attached hydrogen (secondary N) is 1. The van der Waals surface area contributed by atoms with Crippen molar-refractivity contribution in [3.8, 4) is 6.07 Å². The molecule has 0 spiro atoms. The molecule has 0 aliphatic carbocycles. The van der Waals surface area contributed by atoms with Crippen LogP contribution in [0.25, 0.3) is 0 Å². The highest BCUT2D eigenvalue weighted by Gasteiger charge is 2.17. The average molecular weight is 312 g/mol. The van der Waals surface area contributed by atoms with Crippen molar-refractivity contribution in [1.82, 2.24) is 4.90 Å². The molecule has 2 amide bonds. The molecule has 1 aromatic rings. The summed E-state index contributed by atoms with van der Waals surface area (Å²) < 4.78 is 4.83. The number of amides is 2. The summed E-state index contributed by atoms with van der Waals surface area (Å²) in [7, 11) is 1.45. The Kier molecular flexibility index (Phi) is 6.46. The van der Waals surface area contributed by atoms with Crippen molar-refractivity contribution >= 4 is 29.3 Å². The van der Waals surface area contributed by atoms with E-state index in [4.69, 9.17) is 26.7 Å². The lowest BCUT2D eigenvalue weighted by atomic mass is 10.2. The van der Waals surface area contributed by atoms with Crippen molar-refractivity contribution in [1.29, 1.82) is 5.26 Å². The molecule has 7 nitrogen and oxygen atoms in total. The highest BCUT2D eigenvalue weighted by atomic mass is 35.5. The summed E-state index contributed by atoms with van der Waals surface area (Å²) in [5, 5.41) is 20.2. The van der Waals surface area contributed by atoms with E-state index in [-0.39, 0.29) is 18.2 Å². The first-order valence-electron chi connectivity index (χ1n) is 5.94. The normalized spacial score (nSPS) is 9.76. The molecule has 0 aromatic heterocycles. The molecule has 1 rings (SSSR count). The molecular weight excluding hydrogens is 298 g/mol. The minimum atomic E-state index is -1.13. The molecule has 0 radical (unpaired) electrons. The Morgan fingerprint density at radius 1 is 1.52 bits per heavy atom. The van der Waals surface area contributed by atoms with E-state index < -0.39 is 18.5 Å². The van der Waals surface area contributed by atoms with Crippen molar-refractivity contribution in [3.63, 3.8) is 0 Å². The largest absolute Gasteiger partial charge is 0.480 e. The number of rotatable bonds is 6. The third-order valence-electron chi connectivity index (χ3n) is 2.52. The van der Waals surface area contributed by atoms with E-state index in [2.05, 4.69) is 5.32 Å². The molecule has 0 unspecified atom stereocenters. The van der Waals surface area contributed by atoms with Gasteiger partial charge in [0.05, 0.1) is 28.9 Å². The first-order valence-corrected chi connectivity index (χ1v) is 6.32. The highest BCUT2D eigenvalue weighted by molar-refractivity contribution is 6.33. The van der Waals surface area contributed by atoms with Gasteiger partial charge in [-0.1, -0.05) is 11.6 Å². The zero-order valence-corrected chi connectivity index (χ0v) is 12.1. The first kappa shape index (κ1) is 16.8. The van der Waals surface area contributed by atoms with Crippen molar-refractivity contribution < 1.29 is 19.4 Å². The molecule has 0 atom stereocenters. The van der Waals surface area contributed by atoms with Gasteiger partial charge in [0, 0.05) is 13.7 Å². The van der Waals surface area contributed by atoms with Gasteiger partial charge in [-0.25, -0.2) is 4.79 Å². The molecule has 112 valence electrons. The summed E-state index contributed by atoms with van der Waals surface area (Å²) in [5.41, 5.74) is 0.660. The summed E-state index contributed by atoms with van der Waals surface area (Å²) in [6, 6.07) is 5.70. The number of halogens is 1. The van der Waals surface area contributed by atoms with E-state index in [0.717, 1.165) is 4.90 Å². The van der Waals surface area contributed by atoms with E-state index in [1.54, 1.807) is 0 Å². The SMILES string of the molecule is COCCN(CC(=O)O)C(=O)Nc1ccc(C#N)cc1Cl. The molecule has 0 saturated heterocycles. The average Bonchev–Trinajstić information content (AvgIpc) is 2.45. The number of ether oxygens (including phenoxy) is 1. The highest BCUT2D eigenvalue weighted by Crippen LogP contribution is 2.23. The predicted octanol–water partition coefficient (Wildman–Crippen LogP) is 1.78. The third kappa shape index (κ3) is 5.30. The molecular formula is C13H14ClN3O4. The molecule has 21 heavy (non-hydrogen) atoms. The smallest absolute Gasteiger partial charge is 0.323 e. The van der Waals surface area contributed by atoms with E-state index >= 15 is 0 Å². The van der Waals surface area contributed by atoms with Crippen LogP contribution in [0.2, 0.25) is 5.02 Å². The van der Waals surface area contributed by atoms with Crippen molar-refractivity contribution in [3.05, 3.63) is 28.8 Å². The molecule has 0 aliphatic rings. The Balaban J connectivity index is 2.80. The van der Waals surface area contributed by atoms with Crippen LogP contribution in [0.3, 0.4) is 0 Å². The molecule has 0 heterocycles. The summed E-state index contributed by atoms with van der Waals surface area (Å²) >= 11 is 5.94. The molecule has 8 heteroatoms. The van der Waals surface area contributed by atoms with Crippen LogP contribution >= 0.6 is 11.6 Å². The van der Waals surface area contributed by atoms with Gasteiger partial charge in [0.2, 0.25) is 0 Å². The van der Waals surface area contributed by atoms with Crippen LogP contribution < -0.4 is 5.32 Å². The molecule has 0 aliphatic heterocycles. The number of carbonyl (C=O) groups excluding carboxylic acids is 1. The van der Waals surface area contributed by atoms with Crippen molar-refractivity contribution in [2.45, 2.75) is 0 Å². The van der Waals surface area contributed by atoms with Gasteiger partial charge in [-0.3, -0.25) is 4.79 Å². The number of carboxylic acid groups (broad SMARTS) is 1. The second kappa shape index (κ2) is 8.09. The first-order chi connectivity index (χ1) is 9.97. The number of nitrogens with zero attached hydrogens (tertiary/aromatic N) is 2. The predicted molar refractivity (Wildman–Crippen MR) is 76.3 cm³/mol. The maximum Gasteiger partial charge on any atom is 0.323 e. The lowest BCUT2D eigenvalue weighted by Crippen LogP contribution is -2.40. The summed E-state index contributed by atoms with van der Waals surface area (Å²) in [5.74, 6) is -1.13. The zero-order valence-electron chi connectivity index (χ0n) is 11.3. The summed E-state index contributed by atoms with van der Waals surface area (Å²) in [6.07, 6.45) is 0. The molecule has 0 saturated carbocycles. The molecule has 0 bridgehead atoms. The number of methoxy groups -OCH3 is 1. The quantitative estimate of drug-likeness (QED) is 0.833. The van der Waals surface area contributed by atoms with Crippen molar-refractivity contribution in [2.75, 3.05) is 32.1 Å². The third-order valence-corrected chi connectivity index (χ3v) is 2.83. The minimum absolute atomic E-state index is 0.128. The number of benzene rings is 1. The van der Waals surface area contributed by atoms with E-state index in [9.17, 15) is 9.59 Å². The van der Waals surface area contributed by atoms with Gasteiger partial charge < -0.3 is 20.1 Å². The van der Waals surface area contributed by atoms with Crippen LogP contribution in [0.4, 0.5) is 10.5 Å². The lowest BCUT2D eigenvalue weighted by Gasteiger charge is -2.21. The standard InChI is InChI=1S/C13H14ClN3O4/c1-21-5-4-17(8-12(18)19)13(20)16-11-3-2-9(7-15)6-10(11)14/h2-3,6H,4-5,8H2,1H3,(H,16,20)(H,18,19). The second-order valence-corrected chi connectivity index (χ2v) is 4.45. The Morgan fingerprint density at radius 2 is 2.24 bits per heavy atom. The number of hydrogen-bond donors (Lipinski definition) is 2.